The Bertz CT molecular complexity index is 502. The molecule has 1 aromatic rings. The predicted octanol–water partition coefficient (Wildman–Crippen LogP) is 2.16. The van der Waals surface area contributed by atoms with E-state index >= 15 is 0 Å². The quantitative estimate of drug-likeness (QED) is 0.836. The van der Waals surface area contributed by atoms with Gasteiger partial charge in [0.15, 0.2) is 0 Å². The molecule has 0 aliphatic carbocycles. The van der Waals surface area contributed by atoms with Crippen LogP contribution >= 0.6 is 0 Å². The van der Waals surface area contributed by atoms with Crippen LogP contribution in [0.15, 0.2) is 18.3 Å². The maximum Gasteiger partial charge on any atom is 0.416 e. The lowest BCUT2D eigenvalue weighted by molar-refractivity contribution is -0.137. The summed E-state index contributed by atoms with van der Waals surface area (Å²) in [7, 11) is 0. The SMILES string of the molecule is CC(C)N1CCN(c2cc(C(F)(F)F)ccn2)C(=O)C1. The molecular formula is C13H16F3N3O. The standard InChI is InChI=1S/C13H16F3N3O/c1-9(2)18-5-6-19(12(20)8-18)11-7-10(3-4-17-11)13(14,15)16/h3-4,7,9H,5-6,8H2,1-2H3. The number of amides is 1. The van der Waals surface area contributed by atoms with Gasteiger partial charge >= 0.3 is 6.18 Å². The van der Waals surface area contributed by atoms with Crippen molar-refractivity contribution in [1.29, 1.82) is 0 Å². The van der Waals surface area contributed by atoms with Crippen molar-refractivity contribution in [2.75, 3.05) is 24.5 Å². The second-order valence-electron chi connectivity index (χ2n) is 5.01. The lowest BCUT2D eigenvalue weighted by atomic mass is 10.2. The van der Waals surface area contributed by atoms with Crippen molar-refractivity contribution < 1.29 is 18.0 Å². The van der Waals surface area contributed by atoms with E-state index in [1.807, 2.05) is 18.7 Å². The van der Waals surface area contributed by atoms with E-state index in [0.29, 0.717) is 13.1 Å². The molecule has 4 nitrogen and oxygen atoms in total. The van der Waals surface area contributed by atoms with E-state index in [1.54, 1.807) is 0 Å². The zero-order chi connectivity index (χ0) is 14.9. The number of pyridine rings is 1. The van der Waals surface area contributed by atoms with Gasteiger partial charge in [-0.2, -0.15) is 13.2 Å². The molecule has 110 valence electrons. The fourth-order valence-corrected chi connectivity index (χ4v) is 2.12. The number of rotatable bonds is 2. The molecule has 0 bridgehead atoms. The Kier molecular flexibility index (Phi) is 3.99. The number of piperazine rings is 1. The number of halogens is 3. The van der Waals surface area contributed by atoms with Crippen molar-refractivity contribution in [1.82, 2.24) is 9.88 Å². The highest BCUT2D eigenvalue weighted by atomic mass is 19.4. The summed E-state index contributed by atoms with van der Waals surface area (Å²) in [5.74, 6) is -0.162. The maximum absolute atomic E-state index is 12.7. The normalized spacial score (nSPS) is 17.9. The van der Waals surface area contributed by atoms with E-state index in [1.165, 1.54) is 4.90 Å². The minimum atomic E-state index is -4.43. The van der Waals surface area contributed by atoms with E-state index in [-0.39, 0.29) is 24.3 Å². The van der Waals surface area contributed by atoms with Crippen LogP contribution in [0.3, 0.4) is 0 Å². The first-order valence-corrected chi connectivity index (χ1v) is 6.36. The Morgan fingerprint density at radius 3 is 2.55 bits per heavy atom. The fourth-order valence-electron chi connectivity index (χ4n) is 2.12. The number of carbonyl (C=O) groups excluding carboxylic acids is 1. The lowest BCUT2D eigenvalue weighted by Gasteiger charge is -2.35. The van der Waals surface area contributed by atoms with E-state index < -0.39 is 11.7 Å². The summed E-state index contributed by atoms with van der Waals surface area (Å²) >= 11 is 0. The number of nitrogens with zero attached hydrogens (tertiary/aromatic N) is 3. The van der Waals surface area contributed by atoms with Gasteiger partial charge in [-0.05, 0) is 26.0 Å². The molecule has 0 radical (unpaired) electrons. The molecular weight excluding hydrogens is 271 g/mol. The smallest absolute Gasteiger partial charge is 0.294 e. The van der Waals surface area contributed by atoms with E-state index in [4.69, 9.17) is 0 Å². The van der Waals surface area contributed by atoms with Crippen LogP contribution in [0.1, 0.15) is 19.4 Å². The lowest BCUT2D eigenvalue weighted by Crippen LogP contribution is -2.52. The van der Waals surface area contributed by atoms with Gasteiger partial charge in [0.2, 0.25) is 5.91 Å². The van der Waals surface area contributed by atoms with Crippen LogP contribution in [0.5, 0.6) is 0 Å². The third kappa shape index (κ3) is 3.09. The Labute approximate surface area is 115 Å². The molecule has 1 saturated heterocycles. The molecule has 1 aromatic heterocycles. The molecule has 0 saturated carbocycles. The van der Waals surface area contributed by atoms with E-state index in [9.17, 15) is 18.0 Å². The largest absolute Gasteiger partial charge is 0.416 e. The Hall–Kier alpha value is -1.63. The summed E-state index contributed by atoms with van der Waals surface area (Å²) in [5.41, 5.74) is -0.790. The van der Waals surface area contributed by atoms with Gasteiger partial charge in [0, 0.05) is 25.3 Å². The van der Waals surface area contributed by atoms with Gasteiger partial charge < -0.3 is 0 Å². The van der Waals surface area contributed by atoms with Crippen LogP contribution in [0, 0.1) is 0 Å². The van der Waals surface area contributed by atoms with Crippen LogP contribution in [-0.4, -0.2) is 41.5 Å². The Balaban J connectivity index is 2.19. The minimum absolute atomic E-state index is 0.0632. The highest BCUT2D eigenvalue weighted by Crippen LogP contribution is 2.31. The topological polar surface area (TPSA) is 36.4 Å². The third-order valence-corrected chi connectivity index (χ3v) is 3.33. The molecule has 1 aliphatic heterocycles. The number of carbonyl (C=O) groups is 1. The van der Waals surface area contributed by atoms with Crippen molar-refractivity contribution in [2.24, 2.45) is 0 Å². The average Bonchev–Trinajstić information content (AvgIpc) is 2.37. The van der Waals surface area contributed by atoms with Crippen LogP contribution in [0.25, 0.3) is 0 Å². The summed E-state index contributed by atoms with van der Waals surface area (Å²) in [5, 5.41) is 0. The van der Waals surface area contributed by atoms with Crippen molar-refractivity contribution in [3.05, 3.63) is 23.9 Å². The summed E-state index contributed by atoms with van der Waals surface area (Å²) in [6, 6.07) is 2.05. The molecule has 0 aromatic carbocycles. The van der Waals surface area contributed by atoms with Crippen molar-refractivity contribution in [2.45, 2.75) is 26.1 Å². The Morgan fingerprint density at radius 1 is 1.30 bits per heavy atom. The summed E-state index contributed by atoms with van der Waals surface area (Å²) < 4.78 is 38.0. The number of aromatic nitrogens is 1. The second-order valence-corrected chi connectivity index (χ2v) is 5.01. The van der Waals surface area contributed by atoms with Gasteiger partial charge in [0.05, 0.1) is 12.1 Å². The molecule has 20 heavy (non-hydrogen) atoms. The van der Waals surface area contributed by atoms with Crippen LogP contribution in [-0.2, 0) is 11.0 Å². The molecule has 0 atom stereocenters. The fraction of sp³-hybridized carbons (Fsp3) is 0.538. The number of hydrogen-bond donors (Lipinski definition) is 0. The van der Waals surface area contributed by atoms with Crippen LogP contribution in [0.2, 0.25) is 0 Å². The first kappa shape index (κ1) is 14.8. The predicted molar refractivity (Wildman–Crippen MR) is 68.3 cm³/mol. The molecule has 1 amide bonds. The highest BCUT2D eigenvalue weighted by Gasteiger charge is 2.33. The zero-order valence-electron chi connectivity index (χ0n) is 11.3. The molecule has 0 spiro atoms. The second kappa shape index (κ2) is 5.40. The molecule has 2 heterocycles. The Morgan fingerprint density at radius 2 is 2.00 bits per heavy atom. The molecule has 1 fully saturated rings. The highest BCUT2D eigenvalue weighted by molar-refractivity contribution is 5.94. The molecule has 7 heteroatoms. The van der Waals surface area contributed by atoms with Gasteiger partial charge in [-0.15, -0.1) is 0 Å². The number of hydrogen-bond acceptors (Lipinski definition) is 3. The molecule has 0 N–H and O–H groups in total. The van der Waals surface area contributed by atoms with Gasteiger partial charge in [0.25, 0.3) is 0 Å². The summed E-state index contributed by atoms with van der Waals surface area (Å²) in [4.78, 5) is 19.2. The zero-order valence-corrected chi connectivity index (χ0v) is 11.3. The van der Waals surface area contributed by atoms with Gasteiger partial charge in [-0.1, -0.05) is 0 Å². The summed E-state index contributed by atoms with van der Waals surface area (Å²) in [6.07, 6.45) is -3.35. The third-order valence-electron chi connectivity index (χ3n) is 3.33. The maximum atomic E-state index is 12.7. The number of alkyl halides is 3. The van der Waals surface area contributed by atoms with Crippen molar-refractivity contribution in [3.63, 3.8) is 0 Å². The van der Waals surface area contributed by atoms with Crippen LogP contribution in [0.4, 0.5) is 19.0 Å². The van der Waals surface area contributed by atoms with Crippen molar-refractivity contribution in [3.8, 4) is 0 Å². The van der Waals surface area contributed by atoms with Crippen LogP contribution < -0.4 is 4.90 Å². The summed E-state index contributed by atoms with van der Waals surface area (Å²) in [6.45, 7) is 5.14. The first-order chi connectivity index (χ1) is 9.29. The minimum Gasteiger partial charge on any atom is -0.294 e. The molecule has 0 unspecified atom stereocenters. The molecule has 1 aliphatic rings. The van der Waals surface area contributed by atoms with Gasteiger partial charge in [-0.3, -0.25) is 14.6 Å². The van der Waals surface area contributed by atoms with Gasteiger partial charge in [0.1, 0.15) is 5.82 Å². The van der Waals surface area contributed by atoms with E-state index in [2.05, 4.69) is 4.98 Å². The van der Waals surface area contributed by atoms with E-state index in [0.717, 1.165) is 18.3 Å². The average molecular weight is 287 g/mol. The van der Waals surface area contributed by atoms with Gasteiger partial charge in [-0.25, -0.2) is 4.98 Å². The number of anilines is 1. The first-order valence-electron chi connectivity index (χ1n) is 6.36. The molecule has 2 rings (SSSR count). The van der Waals surface area contributed by atoms with Crippen molar-refractivity contribution >= 4 is 11.7 Å². The monoisotopic (exact) mass is 287 g/mol.